The van der Waals surface area contributed by atoms with E-state index < -0.39 is 0 Å². The molecule has 30 heavy (non-hydrogen) atoms. The molecule has 0 saturated carbocycles. The molecule has 1 amide bonds. The summed E-state index contributed by atoms with van der Waals surface area (Å²) in [6.07, 6.45) is 0. The maximum Gasteiger partial charge on any atom is 0.238 e. The molecule has 152 valence electrons. The monoisotopic (exact) mass is 437 g/mol. The van der Waals surface area contributed by atoms with E-state index in [1.807, 2.05) is 60.4 Å². The number of nitrogens with zero attached hydrogens (tertiary/aromatic N) is 2. The highest BCUT2D eigenvalue weighted by molar-refractivity contribution is 6.39. The average Bonchev–Trinajstić information content (AvgIpc) is 2.76. The van der Waals surface area contributed by atoms with Gasteiger partial charge in [0.2, 0.25) is 5.91 Å². The number of anilines is 1. The Balaban J connectivity index is 1.66. The van der Waals surface area contributed by atoms with Crippen molar-refractivity contribution in [1.29, 1.82) is 5.26 Å². The first-order chi connectivity index (χ1) is 14.5. The molecule has 0 radical (unpaired) electrons. The molecule has 3 rings (SSSR count). The van der Waals surface area contributed by atoms with Gasteiger partial charge in [0.1, 0.15) is 0 Å². The van der Waals surface area contributed by atoms with Crippen molar-refractivity contribution in [1.82, 2.24) is 4.90 Å². The standard InChI is InChI=1S/C24H21Cl2N3O/c1-2-29(16-23(30)28-24-21(25)8-5-9-22(24)26)15-17-10-12-18(13-11-17)20-7-4-3-6-19(20)14-27/h3-13H,2,15-16H2,1H3,(H,28,30). The summed E-state index contributed by atoms with van der Waals surface area (Å²) in [4.78, 5) is 14.5. The second-order valence-electron chi connectivity index (χ2n) is 6.80. The number of benzene rings is 3. The zero-order chi connectivity index (χ0) is 21.5. The summed E-state index contributed by atoms with van der Waals surface area (Å²) < 4.78 is 0. The Morgan fingerprint density at radius 3 is 2.30 bits per heavy atom. The number of amides is 1. The number of nitrogens with one attached hydrogen (secondary N) is 1. The minimum absolute atomic E-state index is 0.175. The summed E-state index contributed by atoms with van der Waals surface area (Å²) in [5.74, 6) is -0.175. The number of nitriles is 1. The van der Waals surface area contributed by atoms with Crippen LogP contribution in [0.25, 0.3) is 11.1 Å². The Labute approximate surface area is 186 Å². The molecular weight excluding hydrogens is 417 g/mol. The van der Waals surface area contributed by atoms with Gasteiger partial charge in [0.05, 0.1) is 33.9 Å². The number of hydrogen-bond donors (Lipinski definition) is 1. The predicted octanol–water partition coefficient (Wildman–Crippen LogP) is 5.99. The Morgan fingerprint density at radius 2 is 1.67 bits per heavy atom. The number of hydrogen-bond acceptors (Lipinski definition) is 3. The van der Waals surface area contributed by atoms with E-state index in [1.165, 1.54) is 0 Å². The van der Waals surface area contributed by atoms with Crippen LogP contribution in [0.15, 0.2) is 66.7 Å². The van der Waals surface area contributed by atoms with Gasteiger partial charge in [-0.1, -0.05) is 78.7 Å². The molecule has 0 aliphatic carbocycles. The van der Waals surface area contributed by atoms with Crippen LogP contribution in [0.5, 0.6) is 0 Å². The maximum absolute atomic E-state index is 12.5. The highest BCUT2D eigenvalue weighted by Gasteiger charge is 2.14. The fourth-order valence-electron chi connectivity index (χ4n) is 3.16. The van der Waals surface area contributed by atoms with Gasteiger partial charge in [-0.05, 0) is 41.4 Å². The van der Waals surface area contributed by atoms with Crippen molar-refractivity contribution in [3.63, 3.8) is 0 Å². The van der Waals surface area contributed by atoms with Crippen LogP contribution in [0.3, 0.4) is 0 Å². The zero-order valence-corrected chi connectivity index (χ0v) is 18.0. The normalized spacial score (nSPS) is 10.6. The number of halogens is 2. The maximum atomic E-state index is 12.5. The molecule has 0 atom stereocenters. The van der Waals surface area contributed by atoms with Gasteiger partial charge in [-0.2, -0.15) is 5.26 Å². The van der Waals surface area contributed by atoms with E-state index in [0.717, 1.165) is 16.7 Å². The second kappa shape index (κ2) is 10.3. The van der Waals surface area contributed by atoms with Crippen molar-refractivity contribution in [3.8, 4) is 17.2 Å². The van der Waals surface area contributed by atoms with Crippen molar-refractivity contribution in [3.05, 3.63) is 87.9 Å². The Morgan fingerprint density at radius 1 is 1.00 bits per heavy atom. The van der Waals surface area contributed by atoms with E-state index in [1.54, 1.807) is 18.2 Å². The van der Waals surface area contributed by atoms with E-state index in [4.69, 9.17) is 23.2 Å². The first-order valence-corrected chi connectivity index (χ1v) is 10.3. The van der Waals surface area contributed by atoms with Gasteiger partial charge in [0.25, 0.3) is 0 Å². The van der Waals surface area contributed by atoms with E-state index in [9.17, 15) is 10.1 Å². The molecule has 4 nitrogen and oxygen atoms in total. The van der Waals surface area contributed by atoms with Crippen LogP contribution in [0.1, 0.15) is 18.1 Å². The fourth-order valence-corrected chi connectivity index (χ4v) is 3.65. The highest BCUT2D eigenvalue weighted by Crippen LogP contribution is 2.29. The van der Waals surface area contributed by atoms with Crippen LogP contribution >= 0.6 is 23.2 Å². The quantitative estimate of drug-likeness (QED) is 0.493. The molecule has 6 heteroatoms. The fraction of sp³-hybridized carbons (Fsp3) is 0.167. The minimum atomic E-state index is -0.175. The molecular formula is C24H21Cl2N3O. The number of para-hydroxylation sites is 1. The SMILES string of the molecule is CCN(CC(=O)Nc1c(Cl)cccc1Cl)Cc1ccc(-c2ccccc2C#N)cc1. The van der Waals surface area contributed by atoms with E-state index in [2.05, 4.69) is 11.4 Å². The summed E-state index contributed by atoms with van der Waals surface area (Å²) in [6.45, 7) is 3.56. The summed E-state index contributed by atoms with van der Waals surface area (Å²) >= 11 is 12.3. The van der Waals surface area contributed by atoms with Crippen LogP contribution in [0.2, 0.25) is 10.0 Å². The third-order valence-electron chi connectivity index (χ3n) is 4.76. The van der Waals surface area contributed by atoms with Crippen LogP contribution in [0.4, 0.5) is 5.69 Å². The van der Waals surface area contributed by atoms with Crippen molar-refractivity contribution in [2.75, 3.05) is 18.4 Å². The van der Waals surface area contributed by atoms with Crippen molar-refractivity contribution < 1.29 is 4.79 Å². The molecule has 3 aromatic carbocycles. The smallest absolute Gasteiger partial charge is 0.238 e. The average molecular weight is 438 g/mol. The minimum Gasteiger partial charge on any atom is -0.322 e. The summed E-state index contributed by atoms with van der Waals surface area (Å²) in [5, 5.41) is 12.9. The molecule has 0 heterocycles. The molecule has 3 aromatic rings. The third kappa shape index (κ3) is 5.40. The first kappa shape index (κ1) is 21.9. The molecule has 0 saturated heterocycles. The Kier molecular flexibility index (Phi) is 7.48. The summed E-state index contributed by atoms with van der Waals surface area (Å²) in [6, 6.07) is 22.9. The van der Waals surface area contributed by atoms with Gasteiger partial charge in [-0.15, -0.1) is 0 Å². The molecule has 0 fully saturated rings. The summed E-state index contributed by atoms with van der Waals surface area (Å²) in [7, 11) is 0. The van der Waals surface area contributed by atoms with Crippen LogP contribution < -0.4 is 5.32 Å². The Hall–Kier alpha value is -2.84. The Bertz CT molecular complexity index is 1050. The lowest BCUT2D eigenvalue weighted by atomic mass is 9.99. The lowest BCUT2D eigenvalue weighted by Crippen LogP contribution is -2.32. The van der Waals surface area contributed by atoms with Gasteiger partial charge in [0, 0.05) is 6.54 Å². The molecule has 0 bridgehead atoms. The van der Waals surface area contributed by atoms with Crippen LogP contribution in [-0.2, 0) is 11.3 Å². The lowest BCUT2D eigenvalue weighted by molar-refractivity contribution is -0.117. The van der Waals surface area contributed by atoms with Gasteiger partial charge >= 0.3 is 0 Å². The predicted molar refractivity (Wildman–Crippen MR) is 123 cm³/mol. The molecule has 0 aromatic heterocycles. The largest absolute Gasteiger partial charge is 0.322 e. The van der Waals surface area contributed by atoms with Gasteiger partial charge in [-0.3, -0.25) is 9.69 Å². The van der Waals surface area contributed by atoms with Gasteiger partial charge in [-0.25, -0.2) is 0 Å². The van der Waals surface area contributed by atoms with Crippen LogP contribution in [0, 0.1) is 11.3 Å². The highest BCUT2D eigenvalue weighted by atomic mass is 35.5. The first-order valence-electron chi connectivity index (χ1n) is 9.56. The lowest BCUT2D eigenvalue weighted by Gasteiger charge is -2.20. The van der Waals surface area contributed by atoms with Gasteiger partial charge < -0.3 is 5.32 Å². The number of carbonyl (C=O) groups excluding carboxylic acids is 1. The van der Waals surface area contributed by atoms with Crippen molar-refractivity contribution in [2.24, 2.45) is 0 Å². The second-order valence-corrected chi connectivity index (χ2v) is 7.62. The topological polar surface area (TPSA) is 56.1 Å². The van der Waals surface area contributed by atoms with Gasteiger partial charge in [0.15, 0.2) is 0 Å². The van der Waals surface area contributed by atoms with Crippen LogP contribution in [-0.4, -0.2) is 23.9 Å². The number of carbonyl (C=O) groups is 1. The molecule has 0 aliphatic heterocycles. The van der Waals surface area contributed by atoms with Crippen molar-refractivity contribution in [2.45, 2.75) is 13.5 Å². The summed E-state index contributed by atoms with van der Waals surface area (Å²) in [5.41, 5.74) is 4.07. The third-order valence-corrected chi connectivity index (χ3v) is 5.39. The number of rotatable bonds is 7. The van der Waals surface area contributed by atoms with E-state index in [0.29, 0.717) is 34.4 Å². The molecule has 0 aliphatic rings. The zero-order valence-electron chi connectivity index (χ0n) is 16.5. The van der Waals surface area contributed by atoms with E-state index in [-0.39, 0.29) is 12.5 Å². The molecule has 0 unspecified atom stereocenters. The molecule has 0 spiro atoms. The van der Waals surface area contributed by atoms with Crippen molar-refractivity contribution >= 4 is 34.8 Å². The van der Waals surface area contributed by atoms with E-state index >= 15 is 0 Å². The molecule has 1 N–H and O–H groups in total. The number of likely N-dealkylation sites (N-methyl/N-ethyl adjacent to an activating group) is 1.